The highest BCUT2D eigenvalue weighted by molar-refractivity contribution is 6.14. The lowest BCUT2D eigenvalue weighted by molar-refractivity contribution is -0.142. The number of halogens is 2. The van der Waals surface area contributed by atoms with Gasteiger partial charge in [0, 0.05) is 5.69 Å². The lowest BCUT2D eigenvalue weighted by Crippen LogP contribution is -2.33. The summed E-state index contributed by atoms with van der Waals surface area (Å²) in [7, 11) is 1.27. The summed E-state index contributed by atoms with van der Waals surface area (Å²) in [6.45, 7) is 0. The van der Waals surface area contributed by atoms with Crippen LogP contribution < -0.4 is 10.6 Å². The van der Waals surface area contributed by atoms with E-state index in [2.05, 4.69) is 4.74 Å². The van der Waals surface area contributed by atoms with E-state index in [1.54, 1.807) is 24.3 Å². The molecule has 0 bridgehead atoms. The van der Waals surface area contributed by atoms with Crippen molar-refractivity contribution >= 4 is 23.3 Å². The average molecular weight is 372 g/mol. The standard InChI is InChI=1S/C20H18F2N2O3/c1-27-18(25)15(23)10-11-2-4-12(5-3-11)24-17-13(6-7-14(21)16(17)22)20(8-9-20)19(24)26/h2-7,15H,8-10,23H2,1H3/t15-/m0/s1. The second-order valence-corrected chi connectivity index (χ2v) is 6.98. The van der Waals surface area contributed by atoms with Crippen LogP contribution in [-0.4, -0.2) is 25.0 Å². The fourth-order valence-corrected chi connectivity index (χ4v) is 3.70. The third-order valence-corrected chi connectivity index (χ3v) is 5.32. The topological polar surface area (TPSA) is 72.6 Å². The molecular formula is C20H18F2N2O3. The summed E-state index contributed by atoms with van der Waals surface area (Å²) in [5.74, 6) is -2.75. The van der Waals surface area contributed by atoms with Gasteiger partial charge in [-0.1, -0.05) is 18.2 Å². The van der Waals surface area contributed by atoms with E-state index in [9.17, 15) is 18.4 Å². The largest absolute Gasteiger partial charge is 0.468 e. The summed E-state index contributed by atoms with van der Waals surface area (Å²) in [5, 5.41) is 0. The highest BCUT2D eigenvalue weighted by atomic mass is 19.2. The van der Waals surface area contributed by atoms with Crippen molar-refractivity contribution in [1.29, 1.82) is 0 Å². The van der Waals surface area contributed by atoms with Crippen LogP contribution in [0.5, 0.6) is 0 Å². The Morgan fingerprint density at radius 2 is 1.89 bits per heavy atom. The number of fused-ring (bicyclic) bond motifs is 2. The second kappa shape index (κ2) is 6.13. The zero-order chi connectivity index (χ0) is 19.3. The van der Waals surface area contributed by atoms with Gasteiger partial charge in [0.05, 0.1) is 18.2 Å². The fourth-order valence-electron chi connectivity index (χ4n) is 3.70. The highest BCUT2D eigenvalue weighted by Gasteiger charge is 2.60. The minimum absolute atomic E-state index is 0.00323. The van der Waals surface area contributed by atoms with Crippen molar-refractivity contribution < 1.29 is 23.1 Å². The Morgan fingerprint density at radius 3 is 2.48 bits per heavy atom. The van der Waals surface area contributed by atoms with E-state index in [1.165, 1.54) is 18.1 Å². The van der Waals surface area contributed by atoms with Crippen molar-refractivity contribution in [2.24, 2.45) is 5.73 Å². The molecule has 0 aromatic heterocycles. The van der Waals surface area contributed by atoms with Crippen LogP contribution in [0.4, 0.5) is 20.2 Å². The first-order valence-corrected chi connectivity index (χ1v) is 8.64. The molecule has 1 fully saturated rings. The normalized spacial score (nSPS) is 17.8. The fraction of sp³-hybridized carbons (Fsp3) is 0.300. The van der Waals surface area contributed by atoms with Gasteiger partial charge in [0.1, 0.15) is 6.04 Å². The first kappa shape index (κ1) is 17.6. The van der Waals surface area contributed by atoms with E-state index in [-0.39, 0.29) is 18.0 Å². The Hall–Kier alpha value is -2.80. The first-order valence-electron chi connectivity index (χ1n) is 8.64. The molecule has 1 aliphatic carbocycles. The maximum Gasteiger partial charge on any atom is 0.322 e. The maximum absolute atomic E-state index is 14.5. The Kier molecular flexibility index (Phi) is 3.99. The second-order valence-electron chi connectivity index (χ2n) is 6.98. The van der Waals surface area contributed by atoms with Crippen molar-refractivity contribution in [3.05, 3.63) is 59.2 Å². The zero-order valence-corrected chi connectivity index (χ0v) is 14.7. The van der Waals surface area contributed by atoms with Crippen molar-refractivity contribution in [3.63, 3.8) is 0 Å². The molecule has 0 saturated heterocycles. The minimum atomic E-state index is -1.01. The molecule has 2 aliphatic rings. The monoisotopic (exact) mass is 372 g/mol. The summed E-state index contributed by atoms with van der Waals surface area (Å²) in [4.78, 5) is 25.7. The molecule has 2 aromatic carbocycles. The number of carbonyl (C=O) groups excluding carboxylic acids is 2. The van der Waals surface area contributed by atoms with Gasteiger partial charge in [-0.3, -0.25) is 14.5 Å². The van der Waals surface area contributed by atoms with Gasteiger partial charge >= 0.3 is 5.97 Å². The van der Waals surface area contributed by atoms with Gasteiger partial charge in [-0.2, -0.15) is 0 Å². The van der Waals surface area contributed by atoms with Gasteiger partial charge in [-0.25, -0.2) is 8.78 Å². The minimum Gasteiger partial charge on any atom is -0.468 e. The van der Waals surface area contributed by atoms with E-state index >= 15 is 0 Å². The van der Waals surface area contributed by atoms with Crippen LogP contribution in [0, 0.1) is 11.6 Å². The van der Waals surface area contributed by atoms with Crippen LogP contribution in [0.2, 0.25) is 0 Å². The van der Waals surface area contributed by atoms with Crippen LogP contribution in [0.1, 0.15) is 24.0 Å². The predicted octanol–water partition coefficient (Wildman–Crippen LogP) is 2.72. The number of esters is 1. The molecule has 2 aromatic rings. The SMILES string of the molecule is COC(=O)[C@@H](N)Cc1ccc(N2C(=O)C3(CC3)c3ccc(F)c(F)c32)cc1. The lowest BCUT2D eigenvalue weighted by atomic mass is 9.98. The summed E-state index contributed by atoms with van der Waals surface area (Å²) in [5.41, 5.74) is 6.79. The van der Waals surface area contributed by atoms with Gasteiger partial charge < -0.3 is 10.5 Å². The van der Waals surface area contributed by atoms with E-state index in [0.29, 0.717) is 24.1 Å². The number of benzene rings is 2. The Labute approximate surface area is 154 Å². The molecule has 27 heavy (non-hydrogen) atoms. The summed E-state index contributed by atoms with van der Waals surface area (Å²) in [6.07, 6.45) is 1.53. The number of ether oxygens (including phenoxy) is 1. The summed E-state index contributed by atoms with van der Waals surface area (Å²) >= 11 is 0. The number of hydrogen-bond acceptors (Lipinski definition) is 4. The molecule has 0 radical (unpaired) electrons. The molecular weight excluding hydrogens is 354 g/mol. The van der Waals surface area contributed by atoms with E-state index in [4.69, 9.17) is 5.73 Å². The molecule has 1 amide bonds. The zero-order valence-electron chi connectivity index (χ0n) is 14.7. The first-order chi connectivity index (χ1) is 12.9. The number of anilines is 2. The Balaban J connectivity index is 1.68. The third kappa shape index (κ3) is 2.61. The molecule has 1 spiro atoms. The molecule has 1 heterocycles. The van der Waals surface area contributed by atoms with Gasteiger partial charge in [0.2, 0.25) is 5.91 Å². The number of methoxy groups -OCH3 is 1. The van der Waals surface area contributed by atoms with Crippen LogP contribution >= 0.6 is 0 Å². The van der Waals surface area contributed by atoms with Crippen molar-refractivity contribution in [2.75, 3.05) is 12.0 Å². The maximum atomic E-state index is 14.5. The summed E-state index contributed by atoms with van der Waals surface area (Å²) in [6, 6.07) is 8.49. The highest BCUT2D eigenvalue weighted by Crippen LogP contribution is 2.59. The van der Waals surface area contributed by atoms with Crippen molar-refractivity contribution in [1.82, 2.24) is 0 Å². The van der Waals surface area contributed by atoms with E-state index in [1.807, 2.05) is 0 Å². The molecule has 5 nitrogen and oxygen atoms in total. The number of carbonyl (C=O) groups is 2. The Morgan fingerprint density at radius 1 is 1.22 bits per heavy atom. The van der Waals surface area contributed by atoms with Crippen LogP contribution in [-0.2, 0) is 26.2 Å². The van der Waals surface area contributed by atoms with E-state index < -0.39 is 29.1 Å². The van der Waals surface area contributed by atoms with Gasteiger partial charge in [-0.05, 0) is 48.6 Å². The lowest BCUT2D eigenvalue weighted by Gasteiger charge is -2.19. The van der Waals surface area contributed by atoms with Gasteiger partial charge in [0.15, 0.2) is 11.6 Å². The number of rotatable bonds is 4. The van der Waals surface area contributed by atoms with Crippen molar-refractivity contribution in [3.8, 4) is 0 Å². The van der Waals surface area contributed by atoms with Gasteiger partial charge in [0.25, 0.3) is 0 Å². The molecule has 1 atom stereocenters. The van der Waals surface area contributed by atoms with Crippen LogP contribution in [0.3, 0.4) is 0 Å². The number of hydrogen-bond donors (Lipinski definition) is 1. The third-order valence-electron chi connectivity index (χ3n) is 5.32. The molecule has 7 heteroatoms. The molecule has 2 N–H and O–H groups in total. The summed E-state index contributed by atoms with van der Waals surface area (Å²) < 4.78 is 32.9. The quantitative estimate of drug-likeness (QED) is 0.838. The molecule has 0 unspecified atom stereocenters. The van der Waals surface area contributed by atoms with Crippen molar-refractivity contribution in [2.45, 2.75) is 30.7 Å². The van der Waals surface area contributed by atoms with E-state index in [0.717, 1.165) is 11.6 Å². The van der Waals surface area contributed by atoms with Crippen LogP contribution in [0.15, 0.2) is 36.4 Å². The number of nitrogens with two attached hydrogens (primary N) is 1. The molecule has 1 aliphatic heterocycles. The number of nitrogens with zero attached hydrogens (tertiary/aromatic N) is 1. The molecule has 4 rings (SSSR count). The smallest absolute Gasteiger partial charge is 0.322 e. The molecule has 1 saturated carbocycles. The average Bonchev–Trinajstić information content (AvgIpc) is 3.43. The number of amides is 1. The predicted molar refractivity (Wildman–Crippen MR) is 94.6 cm³/mol. The van der Waals surface area contributed by atoms with Crippen LogP contribution in [0.25, 0.3) is 0 Å². The van der Waals surface area contributed by atoms with Gasteiger partial charge in [-0.15, -0.1) is 0 Å². The Bertz CT molecular complexity index is 939. The molecule has 140 valence electrons.